The third-order valence-electron chi connectivity index (χ3n) is 6.12. The highest BCUT2D eigenvalue weighted by molar-refractivity contribution is 5.95. The van der Waals surface area contributed by atoms with Crippen LogP contribution in [-0.4, -0.2) is 38.5 Å². The molecule has 2 aliphatic rings. The van der Waals surface area contributed by atoms with Crippen molar-refractivity contribution in [1.82, 2.24) is 9.47 Å². The largest absolute Gasteiger partial charge is 0.481 e. The Balaban J connectivity index is 1.71. The summed E-state index contributed by atoms with van der Waals surface area (Å²) in [5.74, 6) is -1.21. The van der Waals surface area contributed by atoms with Gasteiger partial charge in [-0.1, -0.05) is 30.3 Å². The SMILES string of the molecule is Cn1cccc(C(=O)N2[C@H]3CC[C@@H]2[C@](Cc2ccccc2)(C(=O)O)C3)c1=O. The summed E-state index contributed by atoms with van der Waals surface area (Å²) >= 11 is 0. The number of hydrogen-bond donors (Lipinski definition) is 1. The van der Waals surface area contributed by atoms with Gasteiger partial charge in [-0.3, -0.25) is 14.4 Å². The van der Waals surface area contributed by atoms with Crippen LogP contribution in [0.1, 0.15) is 35.2 Å². The number of hydrogen-bond acceptors (Lipinski definition) is 3. The lowest BCUT2D eigenvalue weighted by atomic mass is 9.70. The zero-order valence-corrected chi connectivity index (χ0v) is 15.2. The number of aromatic nitrogens is 1. The van der Waals surface area contributed by atoms with Crippen molar-refractivity contribution < 1.29 is 14.7 Å². The molecular formula is C21H22N2O4. The van der Waals surface area contributed by atoms with E-state index < -0.39 is 17.4 Å². The van der Waals surface area contributed by atoms with E-state index in [0.717, 1.165) is 12.0 Å². The Morgan fingerprint density at radius 1 is 1.15 bits per heavy atom. The Morgan fingerprint density at radius 2 is 1.89 bits per heavy atom. The summed E-state index contributed by atoms with van der Waals surface area (Å²) in [5, 5.41) is 10.1. The lowest BCUT2D eigenvalue weighted by Crippen LogP contribution is -2.47. The molecule has 140 valence electrons. The fraction of sp³-hybridized carbons (Fsp3) is 0.381. The van der Waals surface area contributed by atoms with Gasteiger partial charge in [-0.2, -0.15) is 0 Å². The standard InChI is InChI=1S/C21H22N2O4/c1-22-11-5-8-16(18(22)24)19(25)23-15-9-10-17(23)21(13-15,20(26)27)12-14-6-3-2-4-7-14/h2-8,11,15,17H,9-10,12-13H2,1H3,(H,26,27)/t15-,17+,21+/m0/s1. The van der Waals surface area contributed by atoms with Gasteiger partial charge in [0.1, 0.15) is 5.56 Å². The van der Waals surface area contributed by atoms with Gasteiger partial charge in [-0.25, -0.2) is 0 Å². The van der Waals surface area contributed by atoms with Gasteiger partial charge in [-0.05, 0) is 43.4 Å². The van der Waals surface area contributed by atoms with Crippen molar-refractivity contribution >= 4 is 11.9 Å². The van der Waals surface area contributed by atoms with Crippen molar-refractivity contribution in [2.24, 2.45) is 12.5 Å². The maximum Gasteiger partial charge on any atom is 0.312 e. The lowest BCUT2D eigenvalue weighted by Gasteiger charge is -2.33. The molecule has 1 aromatic heterocycles. The number of pyridine rings is 1. The summed E-state index contributed by atoms with van der Waals surface area (Å²) in [6.07, 6.45) is 3.87. The van der Waals surface area contributed by atoms with Crippen LogP contribution in [0.2, 0.25) is 0 Å². The van der Waals surface area contributed by atoms with Crippen LogP contribution in [0.25, 0.3) is 0 Å². The number of benzene rings is 1. The van der Waals surface area contributed by atoms with Gasteiger partial charge in [0, 0.05) is 25.3 Å². The van der Waals surface area contributed by atoms with E-state index in [-0.39, 0.29) is 23.1 Å². The van der Waals surface area contributed by atoms with E-state index in [0.29, 0.717) is 19.3 Å². The number of carboxylic acid groups (broad SMARTS) is 1. The summed E-state index contributed by atoms with van der Waals surface area (Å²) in [6, 6.07) is 12.2. The van der Waals surface area contributed by atoms with Gasteiger partial charge in [0.15, 0.2) is 0 Å². The first-order valence-electron chi connectivity index (χ1n) is 9.20. The molecule has 1 amide bonds. The highest BCUT2D eigenvalue weighted by Gasteiger charge is 2.61. The molecule has 2 aromatic rings. The summed E-state index contributed by atoms with van der Waals surface area (Å²) in [7, 11) is 1.61. The van der Waals surface area contributed by atoms with E-state index in [1.54, 1.807) is 24.2 Å². The van der Waals surface area contributed by atoms with Gasteiger partial charge < -0.3 is 14.6 Å². The van der Waals surface area contributed by atoms with Crippen LogP contribution < -0.4 is 5.56 Å². The molecule has 0 unspecified atom stereocenters. The van der Waals surface area contributed by atoms with Gasteiger partial charge in [0.25, 0.3) is 11.5 Å². The number of carbonyl (C=O) groups excluding carboxylic acids is 1. The maximum absolute atomic E-state index is 13.2. The fourth-order valence-corrected chi connectivity index (χ4v) is 4.84. The van der Waals surface area contributed by atoms with Crippen LogP contribution >= 0.6 is 0 Å². The molecule has 3 heterocycles. The molecule has 3 atom stereocenters. The van der Waals surface area contributed by atoms with Crippen molar-refractivity contribution in [3.8, 4) is 0 Å². The molecule has 0 aliphatic carbocycles. The van der Waals surface area contributed by atoms with Crippen molar-refractivity contribution in [1.29, 1.82) is 0 Å². The van der Waals surface area contributed by atoms with Crippen LogP contribution in [-0.2, 0) is 18.3 Å². The third-order valence-corrected chi connectivity index (χ3v) is 6.12. The van der Waals surface area contributed by atoms with Crippen LogP contribution in [0.5, 0.6) is 0 Å². The molecule has 2 saturated heterocycles. The zero-order chi connectivity index (χ0) is 19.2. The number of nitrogens with zero attached hydrogens (tertiary/aromatic N) is 2. The average Bonchev–Trinajstić information content (AvgIpc) is 3.20. The van der Waals surface area contributed by atoms with Crippen molar-refractivity contribution in [3.05, 3.63) is 70.1 Å². The van der Waals surface area contributed by atoms with Gasteiger partial charge in [-0.15, -0.1) is 0 Å². The van der Waals surface area contributed by atoms with E-state index in [4.69, 9.17) is 0 Å². The zero-order valence-electron chi connectivity index (χ0n) is 15.2. The van der Waals surface area contributed by atoms with Gasteiger partial charge >= 0.3 is 5.97 Å². The smallest absolute Gasteiger partial charge is 0.312 e. The van der Waals surface area contributed by atoms with E-state index >= 15 is 0 Å². The second-order valence-electron chi connectivity index (χ2n) is 7.63. The van der Waals surface area contributed by atoms with Crippen molar-refractivity contribution in [2.75, 3.05) is 0 Å². The first-order valence-corrected chi connectivity index (χ1v) is 9.20. The van der Waals surface area contributed by atoms with Crippen LogP contribution in [0, 0.1) is 5.41 Å². The van der Waals surface area contributed by atoms with Crippen molar-refractivity contribution in [2.45, 2.75) is 37.8 Å². The highest BCUT2D eigenvalue weighted by atomic mass is 16.4. The average molecular weight is 366 g/mol. The fourth-order valence-electron chi connectivity index (χ4n) is 4.84. The van der Waals surface area contributed by atoms with E-state index in [1.807, 2.05) is 30.3 Å². The molecule has 0 saturated carbocycles. The topological polar surface area (TPSA) is 79.6 Å². The second-order valence-corrected chi connectivity index (χ2v) is 7.63. The predicted octanol–water partition coefficient (Wildman–Crippen LogP) is 2.08. The monoisotopic (exact) mass is 366 g/mol. The number of fused-ring (bicyclic) bond motifs is 2. The first kappa shape index (κ1) is 17.5. The lowest BCUT2D eigenvalue weighted by molar-refractivity contribution is -0.150. The Morgan fingerprint density at radius 3 is 2.59 bits per heavy atom. The Kier molecular flexibility index (Phi) is 4.13. The Hall–Kier alpha value is -2.89. The highest BCUT2D eigenvalue weighted by Crippen LogP contribution is 2.52. The maximum atomic E-state index is 13.2. The van der Waals surface area contributed by atoms with Crippen molar-refractivity contribution in [3.63, 3.8) is 0 Å². The number of aliphatic carboxylic acids is 1. The van der Waals surface area contributed by atoms with Gasteiger partial charge in [0.05, 0.1) is 5.41 Å². The molecule has 1 aromatic carbocycles. The summed E-state index contributed by atoms with van der Waals surface area (Å²) in [5.41, 5.74) is -0.286. The Labute approximate surface area is 157 Å². The van der Waals surface area contributed by atoms with E-state index in [9.17, 15) is 19.5 Å². The number of rotatable bonds is 4. The minimum Gasteiger partial charge on any atom is -0.481 e. The van der Waals surface area contributed by atoms with Crippen LogP contribution in [0.3, 0.4) is 0 Å². The number of amides is 1. The molecule has 0 radical (unpaired) electrons. The first-order chi connectivity index (χ1) is 12.9. The predicted molar refractivity (Wildman–Crippen MR) is 99.5 cm³/mol. The summed E-state index contributed by atoms with van der Waals surface area (Å²) in [4.78, 5) is 39.6. The molecular weight excluding hydrogens is 344 g/mol. The summed E-state index contributed by atoms with van der Waals surface area (Å²) < 4.78 is 1.37. The number of carboxylic acids is 1. The summed E-state index contributed by atoms with van der Waals surface area (Å²) in [6.45, 7) is 0. The number of aryl methyl sites for hydroxylation is 1. The van der Waals surface area contributed by atoms with Gasteiger partial charge in [0.2, 0.25) is 0 Å². The molecule has 4 rings (SSSR count). The minimum atomic E-state index is -1.00. The minimum absolute atomic E-state index is 0.109. The Bertz CT molecular complexity index is 952. The normalized spacial score (nSPS) is 26.3. The molecule has 27 heavy (non-hydrogen) atoms. The molecule has 1 N–H and O–H groups in total. The molecule has 2 fully saturated rings. The second kappa shape index (κ2) is 6.37. The van der Waals surface area contributed by atoms with E-state index in [2.05, 4.69) is 0 Å². The van der Waals surface area contributed by atoms with E-state index in [1.165, 1.54) is 10.6 Å². The number of carbonyl (C=O) groups is 2. The molecule has 0 spiro atoms. The quantitative estimate of drug-likeness (QED) is 0.898. The molecule has 2 bridgehead atoms. The molecule has 6 heteroatoms. The van der Waals surface area contributed by atoms with Crippen LogP contribution in [0.15, 0.2) is 53.5 Å². The third kappa shape index (κ3) is 2.67. The molecule has 2 aliphatic heterocycles. The molecule has 6 nitrogen and oxygen atoms in total. The van der Waals surface area contributed by atoms with Crippen LogP contribution in [0.4, 0.5) is 0 Å².